The molecule has 2 rings (SSSR count). The third-order valence-corrected chi connectivity index (χ3v) is 3.83. The predicted octanol–water partition coefficient (Wildman–Crippen LogP) is 3.58. The molecule has 90 valence electrons. The summed E-state index contributed by atoms with van der Waals surface area (Å²) in [6.45, 7) is 3.67. The summed E-state index contributed by atoms with van der Waals surface area (Å²) in [4.78, 5) is 1.25. The fourth-order valence-corrected chi connectivity index (χ4v) is 2.63. The summed E-state index contributed by atoms with van der Waals surface area (Å²) in [5, 5.41) is 3.37. The summed E-state index contributed by atoms with van der Waals surface area (Å²) < 4.78 is 0.835. The third-order valence-electron chi connectivity index (χ3n) is 2.60. The lowest BCUT2D eigenvalue weighted by Crippen LogP contribution is -2.12. The van der Waals surface area contributed by atoms with Crippen molar-refractivity contribution in [1.82, 2.24) is 5.32 Å². The van der Waals surface area contributed by atoms with E-state index in [0.717, 1.165) is 28.7 Å². The number of hydrogen-bond acceptors (Lipinski definition) is 3. The van der Waals surface area contributed by atoms with Crippen LogP contribution < -0.4 is 11.1 Å². The minimum atomic E-state index is 0.819. The summed E-state index contributed by atoms with van der Waals surface area (Å²) in [5.74, 6) is 0. The molecule has 1 aromatic carbocycles. The zero-order valence-electron chi connectivity index (χ0n) is 9.66. The molecule has 0 amide bonds. The Morgan fingerprint density at radius 1 is 1.24 bits per heavy atom. The van der Waals surface area contributed by atoms with Crippen LogP contribution in [0.3, 0.4) is 0 Å². The fraction of sp³-hybridized carbons (Fsp3) is 0.231. The standard InChI is InChI=1S/C13H15ClN2S/c1-9-2-3-10(6-12(9)15)7-16-8-11-4-5-13(14)17-11/h2-6,16H,7-8,15H2,1H3. The summed E-state index contributed by atoms with van der Waals surface area (Å²) in [6.07, 6.45) is 0. The molecule has 2 aromatic rings. The van der Waals surface area contributed by atoms with Crippen LogP contribution in [0.4, 0.5) is 5.69 Å². The van der Waals surface area contributed by atoms with E-state index in [1.165, 1.54) is 10.4 Å². The van der Waals surface area contributed by atoms with Gasteiger partial charge < -0.3 is 11.1 Å². The lowest BCUT2D eigenvalue weighted by atomic mass is 10.1. The van der Waals surface area contributed by atoms with Gasteiger partial charge in [-0.25, -0.2) is 0 Å². The highest BCUT2D eigenvalue weighted by Gasteiger charge is 1.99. The van der Waals surface area contributed by atoms with Gasteiger partial charge in [0.05, 0.1) is 4.34 Å². The topological polar surface area (TPSA) is 38.0 Å². The molecule has 0 saturated heterocycles. The third kappa shape index (κ3) is 3.46. The van der Waals surface area contributed by atoms with Gasteiger partial charge >= 0.3 is 0 Å². The molecule has 0 spiro atoms. The number of hydrogen-bond donors (Lipinski definition) is 2. The molecular formula is C13H15ClN2S. The van der Waals surface area contributed by atoms with Crippen LogP contribution in [0.2, 0.25) is 4.34 Å². The number of thiophene rings is 1. The number of benzene rings is 1. The Bertz CT molecular complexity index is 508. The van der Waals surface area contributed by atoms with Gasteiger partial charge in [0.15, 0.2) is 0 Å². The van der Waals surface area contributed by atoms with E-state index in [9.17, 15) is 0 Å². The average molecular weight is 267 g/mol. The molecule has 0 unspecified atom stereocenters. The Kier molecular flexibility index (Phi) is 4.05. The van der Waals surface area contributed by atoms with E-state index in [-0.39, 0.29) is 0 Å². The van der Waals surface area contributed by atoms with Crippen LogP contribution in [0.25, 0.3) is 0 Å². The van der Waals surface area contributed by atoms with Crippen molar-refractivity contribution >= 4 is 28.6 Å². The molecule has 0 fully saturated rings. The quantitative estimate of drug-likeness (QED) is 0.830. The van der Waals surface area contributed by atoms with Crippen LogP contribution in [0.1, 0.15) is 16.0 Å². The van der Waals surface area contributed by atoms with Crippen molar-refractivity contribution in [3.05, 3.63) is 50.7 Å². The molecule has 0 saturated carbocycles. The minimum Gasteiger partial charge on any atom is -0.399 e. The summed E-state index contributed by atoms with van der Waals surface area (Å²) in [5.41, 5.74) is 9.04. The van der Waals surface area contributed by atoms with Crippen molar-refractivity contribution in [2.45, 2.75) is 20.0 Å². The van der Waals surface area contributed by atoms with Gasteiger partial charge in [-0.05, 0) is 36.2 Å². The first-order valence-corrected chi connectivity index (χ1v) is 6.64. The van der Waals surface area contributed by atoms with Gasteiger partial charge in [0.25, 0.3) is 0 Å². The Hall–Kier alpha value is -1.03. The fourth-order valence-electron chi connectivity index (χ4n) is 1.58. The van der Waals surface area contributed by atoms with E-state index >= 15 is 0 Å². The second-order valence-electron chi connectivity index (χ2n) is 4.00. The van der Waals surface area contributed by atoms with Gasteiger partial charge in [0.1, 0.15) is 0 Å². The minimum absolute atomic E-state index is 0.819. The maximum absolute atomic E-state index is 5.87. The number of nitrogen functional groups attached to an aromatic ring is 1. The van der Waals surface area contributed by atoms with Gasteiger partial charge in [0, 0.05) is 23.7 Å². The van der Waals surface area contributed by atoms with E-state index in [1.807, 2.05) is 31.2 Å². The van der Waals surface area contributed by atoms with Crippen LogP contribution in [0, 0.1) is 6.92 Å². The van der Waals surface area contributed by atoms with Gasteiger partial charge in [-0.2, -0.15) is 0 Å². The highest BCUT2D eigenvalue weighted by atomic mass is 35.5. The maximum atomic E-state index is 5.87. The summed E-state index contributed by atoms with van der Waals surface area (Å²) >= 11 is 7.48. The van der Waals surface area contributed by atoms with Gasteiger partial charge in [-0.3, -0.25) is 0 Å². The van der Waals surface area contributed by atoms with Crippen LogP contribution in [0.15, 0.2) is 30.3 Å². The van der Waals surface area contributed by atoms with Crippen molar-refractivity contribution in [3.63, 3.8) is 0 Å². The number of aryl methyl sites for hydroxylation is 1. The van der Waals surface area contributed by atoms with Crippen LogP contribution >= 0.6 is 22.9 Å². The first-order valence-electron chi connectivity index (χ1n) is 5.45. The number of rotatable bonds is 4. The normalized spacial score (nSPS) is 10.7. The Morgan fingerprint density at radius 3 is 2.71 bits per heavy atom. The van der Waals surface area contributed by atoms with E-state index in [2.05, 4.69) is 11.4 Å². The molecule has 0 aliphatic carbocycles. The van der Waals surface area contributed by atoms with E-state index in [0.29, 0.717) is 0 Å². The Labute approximate surface area is 110 Å². The monoisotopic (exact) mass is 266 g/mol. The van der Waals surface area contributed by atoms with E-state index in [1.54, 1.807) is 11.3 Å². The van der Waals surface area contributed by atoms with Crippen molar-refractivity contribution in [3.8, 4) is 0 Å². The molecule has 1 aromatic heterocycles. The van der Waals surface area contributed by atoms with Gasteiger partial charge in [0.2, 0.25) is 0 Å². The van der Waals surface area contributed by atoms with Crippen molar-refractivity contribution in [1.29, 1.82) is 0 Å². The molecular weight excluding hydrogens is 252 g/mol. The van der Waals surface area contributed by atoms with Crippen molar-refractivity contribution in [2.75, 3.05) is 5.73 Å². The SMILES string of the molecule is Cc1ccc(CNCc2ccc(Cl)s2)cc1N. The molecule has 3 N–H and O–H groups in total. The number of halogens is 1. The molecule has 1 heterocycles. The maximum Gasteiger partial charge on any atom is 0.0931 e. The first-order chi connectivity index (χ1) is 8.15. The molecule has 0 aliphatic heterocycles. The molecule has 0 aliphatic rings. The molecule has 4 heteroatoms. The van der Waals surface area contributed by atoms with Crippen LogP contribution in [-0.4, -0.2) is 0 Å². The second kappa shape index (κ2) is 5.54. The van der Waals surface area contributed by atoms with Crippen molar-refractivity contribution in [2.24, 2.45) is 0 Å². The number of nitrogens with one attached hydrogen (secondary N) is 1. The largest absolute Gasteiger partial charge is 0.399 e. The predicted molar refractivity (Wildman–Crippen MR) is 75.5 cm³/mol. The smallest absolute Gasteiger partial charge is 0.0931 e. The zero-order chi connectivity index (χ0) is 12.3. The Morgan fingerprint density at radius 2 is 2.06 bits per heavy atom. The summed E-state index contributed by atoms with van der Waals surface area (Å²) in [6, 6.07) is 10.1. The van der Waals surface area contributed by atoms with Crippen LogP contribution in [0.5, 0.6) is 0 Å². The Balaban J connectivity index is 1.87. The molecule has 0 bridgehead atoms. The number of nitrogens with two attached hydrogens (primary N) is 1. The molecule has 0 atom stereocenters. The molecule has 0 radical (unpaired) electrons. The highest BCUT2D eigenvalue weighted by Crippen LogP contribution is 2.21. The first kappa shape index (κ1) is 12.4. The zero-order valence-corrected chi connectivity index (χ0v) is 11.2. The second-order valence-corrected chi connectivity index (χ2v) is 5.80. The summed E-state index contributed by atoms with van der Waals surface area (Å²) in [7, 11) is 0. The lowest BCUT2D eigenvalue weighted by molar-refractivity contribution is 0.701. The lowest BCUT2D eigenvalue weighted by Gasteiger charge is -2.06. The van der Waals surface area contributed by atoms with Gasteiger partial charge in [-0.1, -0.05) is 23.7 Å². The van der Waals surface area contributed by atoms with E-state index in [4.69, 9.17) is 17.3 Å². The van der Waals surface area contributed by atoms with Gasteiger partial charge in [-0.15, -0.1) is 11.3 Å². The average Bonchev–Trinajstić information content (AvgIpc) is 2.70. The van der Waals surface area contributed by atoms with E-state index < -0.39 is 0 Å². The highest BCUT2D eigenvalue weighted by molar-refractivity contribution is 7.16. The van der Waals surface area contributed by atoms with Crippen LogP contribution in [-0.2, 0) is 13.1 Å². The van der Waals surface area contributed by atoms with Crippen molar-refractivity contribution < 1.29 is 0 Å². The number of anilines is 1. The molecule has 2 nitrogen and oxygen atoms in total. The molecule has 17 heavy (non-hydrogen) atoms.